The van der Waals surface area contributed by atoms with Gasteiger partial charge in [-0.05, 0) is 18.6 Å². The molecule has 2 rings (SSSR count). The summed E-state index contributed by atoms with van der Waals surface area (Å²) in [7, 11) is 0. The Morgan fingerprint density at radius 1 is 1.19 bits per heavy atom. The first kappa shape index (κ1) is 18.6. The first-order chi connectivity index (χ1) is 12.4. The second kappa shape index (κ2) is 8.38. The van der Waals surface area contributed by atoms with Crippen LogP contribution in [0.1, 0.15) is 24.1 Å². The summed E-state index contributed by atoms with van der Waals surface area (Å²) in [4.78, 5) is 33.7. The van der Waals surface area contributed by atoms with E-state index in [4.69, 9.17) is 0 Å². The highest BCUT2D eigenvalue weighted by Gasteiger charge is 2.16. The van der Waals surface area contributed by atoms with Gasteiger partial charge >= 0.3 is 11.8 Å². The van der Waals surface area contributed by atoms with Gasteiger partial charge in [-0.25, -0.2) is 5.43 Å². The minimum absolute atomic E-state index is 0.0255. The predicted molar refractivity (Wildman–Crippen MR) is 93.5 cm³/mol. The third-order valence-corrected chi connectivity index (χ3v) is 3.45. The van der Waals surface area contributed by atoms with Crippen LogP contribution in [0.25, 0.3) is 0 Å². The van der Waals surface area contributed by atoms with Gasteiger partial charge in [-0.15, -0.1) is 0 Å². The second-order valence-corrected chi connectivity index (χ2v) is 5.31. The average molecular weight is 356 g/mol. The van der Waals surface area contributed by atoms with Crippen LogP contribution in [0.2, 0.25) is 0 Å². The Balaban J connectivity index is 1.95. The van der Waals surface area contributed by atoms with Gasteiger partial charge in [0.15, 0.2) is 0 Å². The number of nitro groups is 1. The quantitative estimate of drug-likeness (QED) is 0.324. The minimum atomic E-state index is -1.01. The lowest BCUT2D eigenvalue weighted by atomic mass is 10.1. The van der Waals surface area contributed by atoms with Crippen molar-refractivity contribution in [1.82, 2.24) is 10.7 Å². The van der Waals surface area contributed by atoms with Crippen molar-refractivity contribution in [3.05, 3.63) is 69.8 Å². The van der Waals surface area contributed by atoms with Gasteiger partial charge in [0.25, 0.3) is 5.69 Å². The van der Waals surface area contributed by atoms with Crippen molar-refractivity contribution in [2.45, 2.75) is 13.0 Å². The summed E-state index contributed by atoms with van der Waals surface area (Å²) >= 11 is 0. The molecule has 0 aliphatic heterocycles. The first-order valence-corrected chi connectivity index (χ1v) is 7.54. The molecular weight excluding hydrogens is 340 g/mol. The number of amides is 2. The van der Waals surface area contributed by atoms with E-state index in [1.54, 1.807) is 6.92 Å². The Kier molecular flexibility index (Phi) is 5.99. The summed E-state index contributed by atoms with van der Waals surface area (Å²) in [6, 6.07) is 12.1. The number of aromatic hydroxyl groups is 1. The fourth-order valence-corrected chi connectivity index (χ4v) is 2.06. The number of nitrogens with zero attached hydrogens (tertiary/aromatic N) is 2. The summed E-state index contributed by atoms with van der Waals surface area (Å²) in [6.07, 6.45) is 1.01. The molecule has 0 aliphatic rings. The molecule has 0 saturated carbocycles. The molecule has 2 aromatic carbocycles. The standard InChI is InChI=1S/C17H16N4O5/c1-11(12-5-3-2-4-6-12)19-16(23)17(24)20-18-10-13-9-14(21(25)26)7-8-15(13)22/h2-11,22H,1H3,(H,19,23)(H,20,24)/b18-10-. The Labute approximate surface area is 148 Å². The van der Waals surface area contributed by atoms with Crippen molar-refractivity contribution in [3.8, 4) is 5.75 Å². The summed E-state index contributed by atoms with van der Waals surface area (Å²) < 4.78 is 0. The molecule has 134 valence electrons. The molecule has 2 amide bonds. The number of phenols is 1. The van der Waals surface area contributed by atoms with Crippen molar-refractivity contribution in [1.29, 1.82) is 0 Å². The van der Waals surface area contributed by atoms with Crippen LogP contribution in [0.15, 0.2) is 53.6 Å². The lowest BCUT2D eigenvalue weighted by Gasteiger charge is -2.13. The smallest absolute Gasteiger partial charge is 0.329 e. The maximum Gasteiger partial charge on any atom is 0.329 e. The number of nitrogens with one attached hydrogen (secondary N) is 2. The molecule has 0 bridgehead atoms. The van der Waals surface area contributed by atoms with Crippen LogP contribution < -0.4 is 10.7 Å². The van der Waals surface area contributed by atoms with Crippen molar-refractivity contribution < 1.29 is 19.6 Å². The van der Waals surface area contributed by atoms with Crippen LogP contribution in [0, 0.1) is 10.1 Å². The summed E-state index contributed by atoms with van der Waals surface area (Å²) in [5.41, 5.74) is 2.61. The largest absolute Gasteiger partial charge is 0.507 e. The molecule has 0 heterocycles. The van der Waals surface area contributed by atoms with E-state index in [1.165, 1.54) is 0 Å². The molecule has 1 unspecified atom stereocenters. The number of carbonyl (C=O) groups is 2. The second-order valence-electron chi connectivity index (χ2n) is 5.31. The number of phenolic OH excluding ortho intramolecular Hbond substituents is 1. The average Bonchev–Trinajstić information content (AvgIpc) is 2.63. The fourth-order valence-electron chi connectivity index (χ4n) is 2.06. The van der Waals surface area contributed by atoms with Gasteiger partial charge in [-0.3, -0.25) is 19.7 Å². The number of benzene rings is 2. The van der Waals surface area contributed by atoms with Crippen LogP contribution >= 0.6 is 0 Å². The maximum atomic E-state index is 11.8. The maximum absolute atomic E-state index is 11.8. The molecular formula is C17H16N4O5. The van der Waals surface area contributed by atoms with Gasteiger partial charge in [0, 0.05) is 17.7 Å². The molecule has 0 saturated heterocycles. The van der Waals surface area contributed by atoms with Gasteiger partial charge in [0.1, 0.15) is 5.75 Å². The van der Waals surface area contributed by atoms with E-state index in [0.29, 0.717) is 0 Å². The van der Waals surface area contributed by atoms with E-state index >= 15 is 0 Å². The number of hydrogen-bond donors (Lipinski definition) is 3. The van der Waals surface area contributed by atoms with Crippen molar-refractivity contribution in [3.63, 3.8) is 0 Å². The zero-order chi connectivity index (χ0) is 19.1. The zero-order valence-electron chi connectivity index (χ0n) is 13.7. The Hall–Kier alpha value is -3.75. The van der Waals surface area contributed by atoms with E-state index < -0.39 is 16.7 Å². The van der Waals surface area contributed by atoms with E-state index in [0.717, 1.165) is 30.0 Å². The molecule has 0 radical (unpaired) electrons. The summed E-state index contributed by atoms with van der Waals surface area (Å²) in [5, 5.41) is 26.4. The predicted octanol–water partition coefficient (Wildman–Crippen LogP) is 1.63. The van der Waals surface area contributed by atoms with Gasteiger partial charge in [0.05, 0.1) is 17.2 Å². The molecule has 2 aromatic rings. The van der Waals surface area contributed by atoms with Gasteiger partial charge in [-0.2, -0.15) is 5.10 Å². The van der Waals surface area contributed by atoms with Gasteiger partial charge < -0.3 is 10.4 Å². The number of rotatable bonds is 5. The molecule has 9 nitrogen and oxygen atoms in total. The number of nitro benzene ring substituents is 1. The number of hydrogen-bond acceptors (Lipinski definition) is 6. The van der Waals surface area contributed by atoms with Crippen molar-refractivity contribution in [2.75, 3.05) is 0 Å². The Bertz CT molecular complexity index is 851. The van der Waals surface area contributed by atoms with E-state index in [1.807, 2.05) is 35.8 Å². The van der Waals surface area contributed by atoms with Gasteiger partial charge in [0.2, 0.25) is 0 Å². The van der Waals surface area contributed by atoms with Crippen LogP contribution in [0.5, 0.6) is 5.75 Å². The van der Waals surface area contributed by atoms with Gasteiger partial charge in [-0.1, -0.05) is 30.3 Å². The minimum Gasteiger partial charge on any atom is -0.507 e. The third kappa shape index (κ3) is 4.87. The molecule has 1 atom stereocenters. The molecule has 26 heavy (non-hydrogen) atoms. The summed E-state index contributed by atoms with van der Waals surface area (Å²) in [5.74, 6) is -2.15. The molecule has 0 fully saturated rings. The molecule has 0 spiro atoms. The topological polar surface area (TPSA) is 134 Å². The van der Waals surface area contributed by atoms with Crippen molar-refractivity contribution >= 4 is 23.7 Å². The summed E-state index contributed by atoms with van der Waals surface area (Å²) in [6.45, 7) is 1.73. The number of non-ortho nitro benzene ring substituents is 1. The normalized spacial score (nSPS) is 11.7. The zero-order valence-corrected chi connectivity index (χ0v) is 13.7. The molecule has 0 aromatic heterocycles. The van der Waals surface area contributed by atoms with E-state index in [-0.39, 0.29) is 23.0 Å². The third-order valence-electron chi connectivity index (χ3n) is 3.45. The van der Waals surface area contributed by atoms with E-state index in [9.17, 15) is 24.8 Å². The molecule has 3 N–H and O–H groups in total. The first-order valence-electron chi connectivity index (χ1n) is 7.54. The molecule has 0 aliphatic carbocycles. The van der Waals surface area contributed by atoms with Crippen molar-refractivity contribution in [2.24, 2.45) is 5.10 Å². The lowest BCUT2D eigenvalue weighted by Crippen LogP contribution is -2.39. The SMILES string of the molecule is CC(NC(=O)C(=O)N/N=C\c1cc([N+](=O)[O-])ccc1O)c1ccccc1. The van der Waals surface area contributed by atoms with Crippen LogP contribution in [-0.2, 0) is 9.59 Å². The monoisotopic (exact) mass is 356 g/mol. The fraction of sp³-hybridized carbons (Fsp3) is 0.118. The highest BCUT2D eigenvalue weighted by Crippen LogP contribution is 2.21. The Morgan fingerprint density at radius 2 is 1.88 bits per heavy atom. The van der Waals surface area contributed by atoms with Crippen LogP contribution in [-0.4, -0.2) is 28.1 Å². The Morgan fingerprint density at radius 3 is 2.54 bits per heavy atom. The van der Waals surface area contributed by atoms with E-state index in [2.05, 4.69) is 10.4 Å². The highest BCUT2D eigenvalue weighted by molar-refractivity contribution is 6.35. The highest BCUT2D eigenvalue weighted by atomic mass is 16.6. The van der Waals surface area contributed by atoms with Crippen LogP contribution in [0.3, 0.4) is 0 Å². The number of carbonyl (C=O) groups excluding carboxylic acids is 2. The number of hydrazone groups is 1. The molecule has 9 heteroatoms. The lowest BCUT2D eigenvalue weighted by molar-refractivity contribution is -0.384. The van der Waals surface area contributed by atoms with Crippen LogP contribution in [0.4, 0.5) is 5.69 Å².